The molecule has 20 heavy (non-hydrogen) atoms. The third-order valence-corrected chi connectivity index (χ3v) is 4.19. The molecule has 0 radical (unpaired) electrons. The molecule has 106 valence electrons. The van der Waals surface area contributed by atoms with Gasteiger partial charge >= 0.3 is 0 Å². The summed E-state index contributed by atoms with van der Waals surface area (Å²) in [4.78, 5) is -0.141. The van der Waals surface area contributed by atoms with E-state index in [0.29, 0.717) is 5.69 Å². The van der Waals surface area contributed by atoms with E-state index in [9.17, 15) is 12.8 Å². The Kier molecular flexibility index (Phi) is 3.67. The maximum atomic E-state index is 13.0. The van der Waals surface area contributed by atoms with Gasteiger partial charge in [0.1, 0.15) is 10.7 Å². The first-order valence-electron chi connectivity index (χ1n) is 5.94. The number of nitrogens with two attached hydrogens (primary N) is 1. The van der Waals surface area contributed by atoms with Gasteiger partial charge in [0, 0.05) is 5.69 Å². The van der Waals surface area contributed by atoms with Gasteiger partial charge in [-0.05, 0) is 55.3 Å². The predicted molar refractivity (Wildman–Crippen MR) is 77.5 cm³/mol. The molecule has 6 heteroatoms. The molecule has 0 heterocycles. The standard InChI is InChI=1S/C14H15FN2O2S/c1-9-5-10(2)7-12(6-9)17-20(18,19)14-4-3-11(15)8-13(14)16/h3-8,17H,16H2,1-2H3. The zero-order valence-electron chi connectivity index (χ0n) is 11.1. The van der Waals surface area contributed by atoms with Gasteiger partial charge in [-0.15, -0.1) is 0 Å². The Balaban J connectivity index is 2.40. The van der Waals surface area contributed by atoms with Crippen molar-refractivity contribution < 1.29 is 12.8 Å². The number of rotatable bonds is 3. The van der Waals surface area contributed by atoms with Crippen molar-refractivity contribution >= 4 is 21.4 Å². The first-order chi connectivity index (χ1) is 9.28. The van der Waals surface area contributed by atoms with E-state index >= 15 is 0 Å². The van der Waals surface area contributed by atoms with E-state index < -0.39 is 15.8 Å². The van der Waals surface area contributed by atoms with Gasteiger partial charge in [0.2, 0.25) is 0 Å². The van der Waals surface area contributed by atoms with Gasteiger partial charge in [-0.25, -0.2) is 12.8 Å². The Bertz CT molecular complexity index is 738. The maximum Gasteiger partial charge on any atom is 0.263 e. The second-order valence-electron chi connectivity index (χ2n) is 4.66. The van der Waals surface area contributed by atoms with Crippen LogP contribution in [0.5, 0.6) is 0 Å². The summed E-state index contributed by atoms with van der Waals surface area (Å²) in [6, 6.07) is 8.55. The van der Waals surface area contributed by atoms with Crippen LogP contribution in [0.3, 0.4) is 0 Å². The second kappa shape index (κ2) is 5.13. The van der Waals surface area contributed by atoms with Crippen molar-refractivity contribution in [2.75, 3.05) is 10.5 Å². The summed E-state index contributed by atoms with van der Waals surface area (Å²) in [7, 11) is -3.84. The first kappa shape index (κ1) is 14.3. The van der Waals surface area contributed by atoms with Crippen molar-refractivity contribution in [1.29, 1.82) is 0 Å². The highest BCUT2D eigenvalue weighted by atomic mass is 32.2. The molecule has 0 spiro atoms. The highest BCUT2D eigenvalue weighted by molar-refractivity contribution is 7.92. The Morgan fingerprint density at radius 2 is 1.65 bits per heavy atom. The molecule has 2 aromatic carbocycles. The van der Waals surface area contributed by atoms with Crippen LogP contribution in [0.15, 0.2) is 41.3 Å². The molecule has 0 saturated heterocycles. The molecule has 0 fully saturated rings. The number of hydrogen-bond acceptors (Lipinski definition) is 3. The van der Waals surface area contributed by atoms with Crippen LogP contribution in [0, 0.1) is 19.7 Å². The SMILES string of the molecule is Cc1cc(C)cc(NS(=O)(=O)c2ccc(F)cc2N)c1. The van der Waals surface area contributed by atoms with Crippen molar-refractivity contribution in [2.24, 2.45) is 0 Å². The molecular formula is C14H15FN2O2S. The van der Waals surface area contributed by atoms with Crippen molar-refractivity contribution in [1.82, 2.24) is 0 Å². The molecule has 0 aromatic heterocycles. The number of aryl methyl sites for hydroxylation is 2. The van der Waals surface area contributed by atoms with E-state index in [4.69, 9.17) is 5.73 Å². The molecule has 0 saturated carbocycles. The smallest absolute Gasteiger partial charge is 0.263 e. The van der Waals surface area contributed by atoms with Gasteiger partial charge in [-0.1, -0.05) is 6.07 Å². The van der Waals surface area contributed by atoms with E-state index in [1.165, 1.54) is 0 Å². The van der Waals surface area contributed by atoms with E-state index in [1.54, 1.807) is 12.1 Å². The lowest BCUT2D eigenvalue weighted by atomic mass is 10.1. The third kappa shape index (κ3) is 3.08. The van der Waals surface area contributed by atoms with Gasteiger partial charge in [0.05, 0.1) is 5.69 Å². The van der Waals surface area contributed by atoms with Gasteiger partial charge in [-0.2, -0.15) is 0 Å². The van der Waals surface area contributed by atoms with E-state index in [2.05, 4.69) is 4.72 Å². The van der Waals surface area contributed by atoms with Crippen LogP contribution in [0.1, 0.15) is 11.1 Å². The summed E-state index contributed by atoms with van der Waals surface area (Å²) >= 11 is 0. The van der Waals surface area contributed by atoms with Crippen LogP contribution in [0.25, 0.3) is 0 Å². The second-order valence-corrected chi connectivity index (χ2v) is 6.31. The lowest BCUT2D eigenvalue weighted by Gasteiger charge is -2.11. The molecule has 0 unspecified atom stereocenters. The number of benzene rings is 2. The predicted octanol–water partition coefficient (Wildman–Crippen LogP) is 2.83. The molecule has 4 nitrogen and oxygen atoms in total. The lowest BCUT2D eigenvalue weighted by molar-refractivity contribution is 0.600. The normalized spacial score (nSPS) is 11.3. The molecule has 0 atom stereocenters. The zero-order chi connectivity index (χ0) is 14.9. The van der Waals surface area contributed by atoms with Gasteiger partial charge < -0.3 is 5.73 Å². The summed E-state index contributed by atoms with van der Waals surface area (Å²) in [5.74, 6) is -0.576. The number of anilines is 2. The third-order valence-electron chi connectivity index (χ3n) is 2.74. The minimum absolute atomic E-state index is 0.123. The molecule has 0 aliphatic carbocycles. The number of nitrogen functional groups attached to an aromatic ring is 1. The van der Waals surface area contributed by atoms with Crippen molar-refractivity contribution in [3.05, 3.63) is 53.3 Å². The van der Waals surface area contributed by atoms with Crippen LogP contribution in [-0.4, -0.2) is 8.42 Å². The van der Waals surface area contributed by atoms with Crippen LogP contribution in [-0.2, 0) is 10.0 Å². The maximum absolute atomic E-state index is 13.0. The number of halogens is 1. The molecular weight excluding hydrogens is 279 g/mol. The van der Waals surface area contributed by atoms with E-state index in [-0.39, 0.29) is 10.6 Å². The number of sulfonamides is 1. The Morgan fingerprint density at radius 1 is 1.05 bits per heavy atom. The largest absolute Gasteiger partial charge is 0.398 e. The van der Waals surface area contributed by atoms with E-state index in [0.717, 1.165) is 29.3 Å². The fraction of sp³-hybridized carbons (Fsp3) is 0.143. The van der Waals surface area contributed by atoms with E-state index in [1.807, 2.05) is 19.9 Å². The average Bonchev–Trinajstić information content (AvgIpc) is 2.25. The summed E-state index contributed by atoms with van der Waals surface area (Å²) in [5.41, 5.74) is 7.77. The fourth-order valence-corrected chi connectivity index (χ4v) is 3.16. The molecule has 2 aromatic rings. The average molecular weight is 294 g/mol. The van der Waals surface area contributed by atoms with Crippen molar-refractivity contribution in [3.8, 4) is 0 Å². The topological polar surface area (TPSA) is 72.2 Å². The fourth-order valence-electron chi connectivity index (χ4n) is 2.01. The Labute approximate surface area is 117 Å². The monoisotopic (exact) mass is 294 g/mol. The first-order valence-corrected chi connectivity index (χ1v) is 7.42. The van der Waals surface area contributed by atoms with Crippen LogP contribution in [0.4, 0.5) is 15.8 Å². The van der Waals surface area contributed by atoms with Gasteiger partial charge in [0.25, 0.3) is 10.0 Å². The Morgan fingerprint density at radius 3 is 2.20 bits per heavy atom. The molecule has 3 N–H and O–H groups in total. The molecule has 0 aliphatic heterocycles. The minimum Gasteiger partial charge on any atom is -0.398 e. The molecule has 0 aliphatic rings. The van der Waals surface area contributed by atoms with Crippen LogP contribution < -0.4 is 10.5 Å². The highest BCUT2D eigenvalue weighted by Gasteiger charge is 2.18. The summed E-state index contributed by atoms with van der Waals surface area (Å²) in [6.07, 6.45) is 0. The molecule has 0 bridgehead atoms. The summed E-state index contributed by atoms with van der Waals surface area (Å²) in [5, 5.41) is 0. The van der Waals surface area contributed by atoms with Crippen LogP contribution in [0.2, 0.25) is 0 Å². The van der Waals surface area contributed by atoms with Crippen molar-refractivity contribution in [3.63, 3.8) is 0 Å². The van der Waals surface area contributed by atoms with Crippen molar-refractivity contribution in [2.45, 2.75) is 18.7 Å². The van der Waals surface area contributed by atoms with Gasteiger partial charge in [0.15, 0.2) is 0 Å². The molecule has 2 rings (SSSR count). The summed E-state index contributed by atoms with van der Waals surface area (Å²) in [6.45, 7) is 3.74. The number of nitrogens with one attached hydrogen (secondary N) is 1. The number of hydrogen-bond donors (Lipinski definition) is 2. The minimum atomic E-state index is -3.84. The zero-order valence-corrected chi connectivity index (χ0v) is 12.0. The van der Waals surface area contributed by atoms with Crippen LogP contribution >= 0.6 is 0 Å². The highest BCUT2D eigenvalue weighted by Crippen LogP contribution is 2.23. The quantitative estimate of drug-likeness (QED) is 0.855. The Hall–Kier alpha value is -2.08. The lowest BCUT2D eigenvalue weighted by Crippen LogP contribution is -2.15. The summed E-state index contributed by atoms with van der Waals surface area (Å²) < 4.78 is 39.9. The van der Waals surface area contributed by atoms with Gasteiger partial charge in [-0.3, -0.25) is 4.72 Å². The molecule has 0 amide bonds.